The van der Waals surface area contributed by atoms with E-state index < -0.39 is 0 Å². The lowest BCUT2D eigenvalue weighted by atomic mass is 10.1. The van der Waals surface area contributed by atoms with Gasteiger partial charge < -0.3 is 15.6 Å². The molecule has 3 N–H and O–H groups in total. The number of carbonyl (C=O) groups excluding carboxylic acids is 1. The number of urea groups is 1. The Morgan fingerprint density at radius 1 is 1.23 bits per heavy atom. The molecule has 9 heteroatoms. The fraction of sp³-hybridized carbons (Fsp3) is 0.364. The van der Waals surface area contributed by atoms with Crippen LogP contribution in [0.4, 0.5) is 10.7 Å². The van der Waals surface area contributed by atoms with Crippen molar-refractivity contribution in [1.82, 2.24) is 35.4 Å². The van der Waals surface area contributed by atoms with Gasteiger partial charge in [0.15, 0.2) is 0 Å². The number of nitrogens with one attached hydrogen (secondary N) is 3. The lowest BCUT2D eigenvalue weighted by Crippen LogP contribution is -2.32. The Morgan fingerprint density at radius 3 is 3.00 bits per heavy atom. The zero-order chi connectivity index (χ0) is 20.8. The molecule has 1 unspecified atom stereocenters. The number of benzene rings is 1. The number of hydrogen-bond acceptors (Lipinski definition) is 5. The summed E-state index contributed by atoms with van der Waals surface area (Å²) in [6.45, 7) is 2.01. The van der Waals surface area contributed by atoms with Crippen molar-refractivity contribution in [3.05, 3.63) is 48.3 Å². The smallest absolute Gasteiger partial charge is 0.317 e. The van der Waals surface area contributed by atoms with Crippen LogP contribution in [0.3, 0.4) is 0 Å². The maximum Gasteiger partial charge on any atom is 0.317 e. The molecule has 3 aromatic rings. The number of carbonyl (C=O) groups is 1. The number of aromatic nitrogens is 3. The molecule has 4 heterocycles. The summed E-state index contributed by atoms with van der Waals surface area (Å²) in [6, 6.07) is 10.6. The molecule has 1 aromatic carbocycles. The Balaban J connectivity index is 1.32. The van der Waals surface area contributed by atoms with Crippen LogP contribution in [-0.2, 0) is 6.54 Å². The molecule has 3 fully saturated rings. The van der Waals surface area contributed by atoms with Gasteiger partial charge in [-0.2, -0.15) is 4.99 Å². The monoisotopic (exact) mass is 416 g/mol. The van der Waals surface area contributed by atoms with Crippen LogP contribution >= 0.6 is 0 Å². The first-order chi connectivity index (χ1) is 15.2. The van der Waals surface area contributed by atoms with Crippen molar-refractivity contribution in [2.75, 3.05) is 13.1 Å². The largest absolute Gasteiger partial charge is 0.336 e. The van der Waals surface area contributed by atoms with E-state index in [1.54, 1.807) is 6.20 Å². The summed E-state index contributed by atoms with van der Waals surface area (Å²) in [5, 5.41) is 2.85. The van der Waals surface area contributed by atoms with Gasteiger partial charge in [0.2, 0.25) is 5.95 Å². The first-order valence-electron chi connectivity index (χ1n) is 10.8. The van der Waals surface area contributed by atoms with E-state index in [9.17, 15) is 4.79 Å². The average Bonchev–Trinajstić information content (AvgIpc) is 3.14. The number of amidine groups is 1. The molecule has 1 aliphatic carbocycles. The second-order valence-electron chi connectivity index (χ2n) is 8.43. The summed E-state index contributed by atoms with van der Waals surface area (Å²) in [7, 11) is 0. The molecule has 0 bridgehead atoms. The molecule has 2 aromatic heterocycles. The van der Waals surface area contributed by atoms with Crippen molar-refractivity contribution < 1.29 is 4.79 Å². The Morgan fingerprint density at radius 2 is 2.16 bits per heavy atom. The summed E-state index contributed by atoms with van der Waals surface area (Å²) >= 11 is 0. The zero-order valence-corrected chi connectivity index (χ0v) is 17.1. The molecule has 0 spiro atoms. The predicted molar refractivity (Wildman–Crippen MR) is 117 cm³/mol. The van der Waals surface area contributed by atoms with Crippen LogP contribution in [-0.4, -0.2) is 50.3 Å². The summed E-state index contributed by atoms with van der Waals surface area (Å²) in [4.78, 5) is 27.8. The Bertz CT molecular complexity index is 1180. The minimum Gasteiger partial charge on any atom is -0.336 e. The molecule has 0 radical (unpaired) electrons. The van der Waals surface area contributed by atoms with Crippen molar-refractivity contribution >= 4 is 23.5 Å². The van der Waals surface area contributed by atoms with Gasteiger partial charge in [0, 0.05) is 56.1 Å². The SMILES string of the molecule is O=C1NCCN1Cc1cccc(-c2cc3nccn3c(N=C3CC(C4CC4)NN3)n2)c1. The van der Waals surface area contributed by atoms with Crippen LogP contribution in [0.15, 0.2) is 47.7 Å². The molecule has 1 atom stereocenters. The van der Waals surface area contributed by atoms with E-state index in [1.807, 2.05) is 39.8 Å². The van der Waals surface area contributed by atoms with E-state index in [0.29, 0.717) is 25.1 Å². The summed E-state index contributed by atoms with van der Waals surface area (Å²) in [6.07, 6.45) is 7.12. The highest BCUT2D eigenvalue weighted by Crippen LogP contribution is 2.35. The molecule has 31 heavy (non-hydrogen) atoms. The van der Waals surface area contributed by atoms with Gasteiger partial charge in [0.25, 0.3) is 0 Å². The van der Waals surface area contributed by atoms with E-state index in [0.717, 1.165) is 47.2 Å². The Labute approximate surface area is 179 Å². The number of hydrogen-bond donors (Lipinski definition) is 3. The van der Waals surface area contributed by atoms with Crippen molar-refractivity contribution in [2.45, 2.75) is 31.8 Å². The predicted octanol–water partition coefficient (Wildman–Crippen LogP) is 2.23. The molecule has 2 amide bonds. The maximum absolute atomic E-state index is 11.9. The third-order valence-electron chi connectivity index (χ3n) is 6.15. The summed E-state index contributed by atoms with van der Waals surface area (Å²) in [5.74, 6) is 2.27. The third-order valence-corrected chi connectivity index (χ3v) is 6.15. The third kappa shape index (κ3) is 3.61. The van der Waals surface area contributed by atoms with E-state index in [4.69, 9.17) is 9.98 Å². The van der Waals surface area contributed by atoms with Gasteiger partial charge in [-0.3, -0.25) is 4.40 Å². The highest BCUT2D eigenvalue weighted by atomic mass is 16.2. The molecule has 6 rings (SSSR count). The van der Waals surface area contributed by atoms with Gasteiger partial charge in [0.05, 0.1) is 5.69 Å². The molecule has 158 valence electrons. The molecule has 3 aliphatic rings. The van der Waals surface area contributed by atoms with Crippen LogP contribution in [0.25, 0.3) is 16.9 Å². The van der Waals surface area contributed by atoms with Crippen LogP contribution in [0.2, 0.25) is 0 Å². The number of hydrazine groups is 1. The Hall–Kier alpha value is -3.46. The number of fused-ring (bicyclic) bond motifs is 1. The molecule has 9 nitrogen and oxygen atoms in total. The average molecular weight is 416 g/mol. The van der Waals surface area contributed by atoms with Gasteiger partial charge in [-0.15, -0.1) is 0 Å². The fourth-order valence-electron chi connectivity index (χ4n) is 4.31. The lowest BCUT2D eigenvalue weighted by Gasteiger charge is -2.14. The first kappa shape index (κ1) is 18.3. The van der Waals surface area contributed by atoms with E-state index in [-0.39, 0.29) is 6.03 Å². The first-order valence-corrected chi connectivity index (χ1v) is 10.8. The summed E-state index contributed by atoms with van der Waals surface area (Å²) in [5.41, 5.74) is 10.3. The van der Waals surface area contributed by atoms with Crippen LogP contribution in [0, 0.1) is 5.92 Å². The second-order valence-corrected chi connectivity index (χ2v) is 8.43. The number of amides is 2. The molecule has 1 saturated carbocycles. The van der Waals surface area contributed by atoms with E-state index in [1.165, 1.54) is 12.8 Å². The number of imidazole rings is 1. The van der Waals surface area contributed by atoms with Crippen molar-refractivity contribution in [1.29, 1.82) is 0 Å². The molecule has 2 aliphatic heterocycles. The number of rotatable bonds is 5. The van der Waals surface area contributed by atoms with Gasteiger partial charge in [0.1, 0.15) is 11.5 Å². The van der Waals surface area contributed by atoms with Gasteiger partial charge in [-0.1, -0.05) is 18.2 Å². The van der Waals surface area contributed by atoms with Crippen LogP contribution < -0.4 is 16.2 Å². The second kappa shape index (κ2) is 7.35. The summed E-state index contributed by atoms with van der Waals surface area (Å²) < 4.78 is 1.90. The normalized spacial score (nSPS) is 22.3. The number of aliphatic imine (C=N–C) groups is 1. The molecular weight excluding hydrogens is 392 g/mol. The minimum absolute atomic E-state index is 0.0115. The zero-order valence-electron chi connectivity index (χ0n) is 17.1. The molecular formula is C22H24N8O. The highest BCUT2D eigenvalue weighted by Gasteiger charge is 2.35. The standard InChI is InChI=1S/C22H24N8O/c31-22-24-6-8-29(22)13-14-2-1-3-16(10-14)17-12-20-23-7-9-30(20)21(25-17)26-19-11-18(27-28-19)15-4-5-15/h1-3,7,9-10,12,15,18,27H,4-6,8,11,13H2,(H,24,31)(H,25,26,28). The van der Waals surface area contributed by atoms with Crippen LogP contribution in [0.1, 0.15) is 24.8 Å². The topological polar surface area (TPSA) is 99.0 Å². The van der Waals surface area contributed by atoms with E-state index in [2.05, 4.69) is 27.2 Å². The van der Waals surface area contributed by atoms with Crippen LogP contribution in [0.5, 0.6) is 0 Å². The highest BCUT2D eigenvalue weighted by molar-refractivity contribution is 5.86. The molecule has 2 saturated heterocycles. The minimum atomic E-state index is -0.0115. The van der Waals surface area contributed by atoms with Gasteiger partial charge >= 0.3 is 6.03 Å². The lowest BCUT2D eigenvalue weighted by molar-refractivity contribution is 0.215. The van der Waals surface area contributed by atoms with Gasteiger partial charge in [-0.25, -0.2) is 20.2 Å². The van der Waals surface area contributed by atoms with Crippen molar-refractivity contribution in [2.24, 2.45) is 10.9 Å². The van der Waals surface area contributed by atoms with Crippen molar-refractivity contribution in [3.8, 4) is 11.3 Å². The van der Waals surface area contributed by atoms with Gasteiger partial charge in [-0.05, 0) is 30.4 Å². The quantitative estimate of drug-likeness (QED) is 0.592. The maximum atomic E-state index is 11.9. The fourth-order valence-corrected chi connectivity index (χ4v) is 4.31. The number of nitrogens with zero attached hydrogens (tertiary/aromatic N) is 5. The Kier molecular flexibility index (Phi) is 4.34. The van der Waals surface area contributed by atoms with Crippen molar-refractivity contribution in [3.63, 3.8) is 0 Å². The van der Waals surface area contributed by atoms with E-state index >= 15 is 0 Å².